The van der Waals surface area contributed by atoms with Gasteiger partial charge in [0, 0.05) is 11.5 Å². The Bertz CT molecular complexity index is 613. The molecule has 7 nitrogen and oxygen atoms in total. The first-order valence-electron chi connectivity index (χ1n) is 5.38. The van der Waals surface area contributed by atoms with Crippen LogP contribution in [0.5, 0.6) is 5.88 Å². The second kappa shape index (κ2) is 3.94. The maximum Gasteiger partial charge on any atom is 0.354 e. The Morgan fingerprint density at radius 1 is 1.39 bits per heavy atom. The third-order valence-electron chi connectivity index (χ3n) is 2.38. The molecule has 1 N–H and O–H groups in total. The lowest BCUT2D eigenvalue weighted by Crippen LogP contribution is -2.13. The monoisotopic (exact) mass is 250 g/mol. The van der Waals surface area contributed by atoms with Crippen molar-refractivity contribution in [2.45, 2.75) is 26.2 Å². The largest absolute Gasteiger partial charge is 0.481 e. The number of carbonyl (C=O) groups is 1. The van der Waals surface area contributed by atoms with Crippen molar-refractivity contribution in [3.05, 3.63) is 17.6 Å². The highest BCUT2D eigenvalue weighted by Crippen LogP contribution is 2.21. The van der Waals surface area contributed by atoms with Gasteiger partial charge in [-0.15, -0.1) is 5.10 Å². The molecule has 0 aromatic carbocycles. The molecular formula is C11H14N4O3. The van der Waals surface area contributed by atoms with E-state index in [0.29, 0.717) is 11.7 Å². The summed E-state index contributed by atoms with van der Waals surface area (Å²) < 4.78 is 6.50. The number of hydrogen-bond donors (Lipinski definition) is 1. The lowest BCUT2D eigenvalue weighted by Gasteiger charge is -2.11. The summed E-state index contributed by atoms with van der Waals surface area (Å²) in [5.41, 5.74) is -0.366. The summed E-state index contributed by atoms with van der Waals surface area (Å²) in [4.78, 5) is 19.1. The van der Waals surface area contributed by atoms with Gasteiger partial charge in [0.05, 0.1) is 7.11 Å². The molecule has 2 rings (SSSR count). The second-order valence-electron chi connectivity index (χ2n) is 4.89. The zero-order valence-corrected chi connectivity index (χ0v) is 10.6. The van der Waals surface area contributed by atoms with Crippen molar-refractivity contribution in [3.63, 3.8) is 0 Å². The molecule has 0 aliphatic carbocycles. The van der Waals surface area contributed by atoms with E-state index in [1.807, 2.05) is 20.8 Å². The minimum Gasteiger partial charge on any atom is -0.481 e. The summed E-state index contributed by atoms with van der Waals surface area (Å²) in [5.74, 6) is -0.0379. The number of carboxylic acid groups (broad SMARTS) is 1. The van der Waals surface area contributed by atoms with Crippen molar-refractivity contribution < 1.29 is 14.6 Å². The van der Waals surface area contributed by atoms with Gasteiger partial charge in [-0.1, -0.05) is 20.8 Å². The number of hydrogen-bond acceptors (Lipinski definition) is 5. The average Bonchev–Trinajstić information content (AvgIpc) is 2.70. The Hall–Kier alpha value is -2.18. The molecular weight excluding hydrogens is 236 g/mol. The molecule has 0 atom stereocenters. The first-order chi connectivity index (χ1) is 8.32. The van der Waals surface area contributed by atoms with Crippen molar-refractivity contribution >= 4 is 11.7 Å². The summed E-state index contributed by atoms with van der Waals surface area (Å²) in [5, 5.41) is 13.2. The minimum atomic E-state index is -1.13. The number of fused-ring (bicyclic) bond motifs is 1. The van der Waals surface area contributed by atoms with Gasteiger partial charge in [-0.2, -0.15) is 9.50 Å². The van der Waals surface area contributed by atoms with Crippen LogP contribution in [0, 0.1) is 0 Å². The van der Waals surface area contributed by atoms with Crippen LogP contribution in [-0.2, 0) is 5.41 Å². The van der Waals surface area contributed by atoms with Crippen LogP contribution in [-0.4, -0.2) is 37.8 Å². The van der Waals surface area contributed by atoms with Crippen molar-refractivity contribution in [3.8, 4) is 5.88 Å². The molecule has 2 aromatic heterocycles. The van der Waals surface area contributed by atoms with Gasteiger partial charge in [0.1, 0.15) is 0 Å². The van der Waals surface area contributed by atoms with Crippen molar-refractivity contribution in [1.29, 1.82) is 0 Å². The zero-order chi connectivity index (χ0) is 13.5. The van der Waals surface area contributed by atoms with E-state index in [1.165, 1.54) is 17.7 Å². The number of carboxylic acids is 1. The average molecular weight is 250 g/mol. The highest BCUT2D eigenvalue weighted by molar-refractivity contribution is 5.86. The van der Waals surface area contributed by atoms with E-state index in [4.69, 9.17) is 9.84 Å². The smallest absolute Gasteiger partial charge is 0.354 e. The quantitative estimate of drug-likeness (QED) is 0.859. The van der Waals surface area contributed by atoms with Crippen LogP contribution in [0.1, 0.15) is 37.1 Å². The molecule has 18 heavy (non-hydrogen) atoms. The summed E-state index contributed by atoms with van der Waals surface area (Å²) in [6.07, 6.45) is 0. The second-order valence-corrected chi connectivity index (χ2v) is 4.89. The molecule has 0 saturated carbocycles. The molecule has 2 aromatic rings. The predicted molar refractivity (Wildman–Crippen MR) is 63.0 cm³/mol. The molecule has 0 saturated heterocycles. The fraction of sp³-hybridized carbons (Fsp3) is 0.455. The number of nitrogens with zero attached hydrogens (tertiary/aromatic N) is 4. The molecule has 0 spiro atoms. The zero-order valence-electron chi connectivity index (χ0n) is 10.6. The lowest BCUT2D eigenvalue weighted by molar-refractivity contribution is 0.0690. The SMILES string of the molecule is COc1cc(C(=O)O)nc2nc(C(C)(C)C)nn12. The first-order valence-corrected chi connectivity index (χ1v) is 5.38. The molecule has 0 aliphatic rings. The van der Waals surface area contributed by atoms with Gasteiger partial charge in [0.2, 0.25) is 5.88 Å². The van der Waals surface area contributed by atoms with Gasteiger partial charge < -0.3 is 9.84 Å². The van der Waals surface area contributed by atoms with Crippen LogP contribution in [0.25, 0.3) is 5.78 Å². The fourth-order valence-electron chi connectivity index (χ4n) is 1.41. The van der Waals surface area contributed by atoms with Gasteiger partial charge >= 0.3 is 5.97 Å². The third-order valence-corrected chi connectivity index (χ3v) is 2.38. The van der Waals surface area contributed by atoms with Crippen LogP contribution < -0.4 is 4.74 Å². The van der Waals surface area contributed by atoms with Gasteiger partial charge in [-0.3, -0.25) is 0 Å². The lowest BCUT2D eigenvalue weighted by atomic mass is 9.96. The Labute approximate surface area is 103 Å². The summed E-state index contributed by atoms with van der Waals surface area (Å²) in [7, 11) is 1.44. The maximum absolute atomic E-state index is 10.9. The van der Waals surface area contributed by atoms with Crippen LogP contribution >= 0.6 is 0 Å². The molecule has 2 heterocycles. The van der Waals surface area contributed by atoms with Gasteiger partial charge in [-0.05, 0) is 0 Å². The number of aromatic carboxylic acids is 1. The van der Waals surface area contributed by atoms with E-state index in [1.54, 1.807) is 0 Å². The van der Waals surface area contributed by atoms with Crippen molar-refractivity contribution in [2.75, 3.05) is 7.11 Å². The molecule has 0 unspecified atom stereocenters. The Morgan fingerprint density at radius 2 is 2.06 bits per heavy atom. The van der Waals surface area contributed by atoms with Crippen molar-refractivity contribution in [2.24, 2.45) is 0 Å². The highest BCUT2D eigenvalue weighted by Gasteiger charge is 2.22. The number of rotatable bonds is 2. The highest BCUT2D eigenvalue weighted by atomic mass is 16.5. The van der Waals surface area contributed by atoms with Gasteiger partial charge in [0.25, 0.3) is 5.78 Å². The predicted octanol–water partition coefficient (Wildman–Crippen LogP) is 1.13. The maximum atomic E-state index is 10.9. The van der Waals surface area contributed by atoms with Crippen LogP contribution in [0.15, 0.2) is 6.07 Å². The topological polar surface area (TPSA) is 89.6 Å². The molecule has 0 aliphatic heterocycles. The van der Waals surface area contributed by atoms with Crippen LogP contribution in [0.4, 0.5) is 0 Å². The molecule has 0 bridgehead atoms. The van der Waals surface area contributed by atoms with E-state index in [-0.39, 0.29) is 16.9 Å². The van der Waals surface area contributed by atoms with E-state index in [9.17, 15) is 4.79 Å². The van der Waals surface area contributed by atoms with E-state index in [2.05, 4.69) is 15.1 Å². The van der Waals surface area contributed by atoms with Gasteiger partial charge in [-0.25, -0.2) is 9.78 Å². The Kier molecular flexibility index (Phi) is 2.68. The summed E-state index contributed by atoms with van der Waals surface area (Å²) >= 11 is 0. The van der Waals surface area contributed by atoms with Crippen LogP contribution in [0.3, 0.4) is 0 Å². The molecule has 7 heteroatoms. The minimum absolute atomic E-state index is 0.118. The number of methoxy groups -OCH3 is 1. The number of aromatic nitrogens is 4. The third kappa shape index (κ3) is 1.99. The molecule has 0 fully saturated rings. The molecule has 96 valence electrons. The number of ether oxygens (including phenoxy) is 1. The van der Waals surface area contributed by atoms with E-state index < -0.39 is 5.97 Å². The van der Waals surface area contributed by atoms with E-state index in [0.717, 1.165) is 0 Å². The van der Waals surface area contributed by atoms with Crippen LogP contribution in [0.2, 0.25) is 0 Å². The van der Waals surface area contributed by atoms with Crippen molar-refractivity contribution in [1.82, 2.24) is 19.6 Å². The molecule has 0 amide bonds. The van der Waals surface area contributed by atoms with E-state index >= 15 is 0 Å². The Balaban J connectivity index is 2.71. The summed E-state index contributed by atoms with van der Waals surface area (Å²) in [6, 6.07) is 1.32. The normalized spacial score (nSPS) is 11.8. The standard InChI is InChI=1S/C11H14N4O3/c1-11(2,3)9-13-10-12-6(8(16)17)5-7(18-4)15(10)14-9/h5H,1-4H3,(H,16,17). The van der Waals surface area contributed by atoms with Gasteiger partial charge in [0.15, 0.2) is 11.5 Å². The summed E-state index contributed by atoms with van der Waals surface area (Å²) in [6.45, 7) is 5.89. The molecule has 0 radical (unpaired) electrons. The Morgan fingerprint density at radius 3 is 2.56 bits per heavy atom. The first kappa shape index (κ1) is 12.3. The fourth-order valence-corrected chi connectivity index (χ4v) is 1.41.